The summed E-state index contributed by atoms with van der Waals surface area (Å²) in [6.45, 7) is 6.98. The molecule has 0 spiro atoms. The minimum absolute atomic E-state index is 0.100. The van der Waals surface area contributed by atoms with Gasteiger partial charge in [0.25, 0.3) is 0 Å². The minimum Gasteiger partial charge on any atom is -0.508 e. The Labute approximate surface area is 149 Å². The number of ether oxygens (including phenoxy) is 2. The van der Waals surface area contributed by atoms with E-state index in [9.17, 15) is 5.11 Å². The van der Waals surface area contributed by atoms with Gasteiger partial charge in [-0.15, -0.1) is 0 Å². The molecule has 0 amide bonds. The van der Waals surface area contributed by atoms with E-state index in [0.29, 0.717) is 12.4 Å². The first-order valence-electron chi connectivity index (χ1n) is 9.25. The number of aryl methyl sites for hydroxylation is 1. The lowest BCUT2D eigenvalue weighted by molar-refractivity contribution is 0.0827. The van der Waals surface area contributed by atoms with Crippen LogP contribution in [0.2, 0.25) is 0 Å². The molecule has 0 saturated heterocycles. The highest BCUT2D eigenvalue weighted by Crippen LogP contribution is 2.44. The Bertz CT molecular complexity index is 807. The molecule has 2 aromatic carbocycles. The molecule has 0 saturated carbocycles. The van der Waals surface area contributed by atoms with E-state index in [1.54, 1.807) is 0 Å². The molecule has 4 rings (SSSR count). The lowest BCUT2D eigenvalue weighted by Crippen LogP contribution is -2.33. The fraction of sp³-hybridized carbons (Fsp3) is 0.455. The zero-order chi connectivity index (χ0) is 17.6. The molecule has 0 aliphatic carbocycles. The Morgan fingerprint density at radius 1 is 1.20 bits per heavy atom. The fourth-order valence-electron chi connectivity index (χ4n) is 3.96. The van der Waals surface area contributed by atoms with E-state index in [4.69, 9.17) is 9.47 Å². The Kier molecular flexibility index (Phi) is 3.90. The van der Waals surface area contributed by atoms with Crippen molar-refractivity contribution < 1.29 is 14.6 Å². The standard InChI is InChI=1S/C22H26O3/c1-4-14-5-6-15(12-19(14)23)17-11-16-7-8-20-18(21(16)24-13-17)9-10-22(2,3)25-20/h5-8,12,17,23H,4,9-11,13H2,1-3H3. The normalized spacial score (nSPS) is 20.8. The molecular weight excluding hydrogens is 312 g/mol. The monoisotopic (exact) mass is 338 g/mol. The third-order valence-corrected chi connectivity index (χ3v) is 5.52. The fourth-order valence-corrected chi connectivity index (χ4v) is 3.96. The maximum atomic E-state index is 10.2. The zero-order valence-corrected chi connectivity index (χ0v) is 15.3. The molecule has 132 valence electrons. The van der Waals surface area contributed by atoms with Crippen LogP contribution in [0.4, 0.5) is 0 Å². The van der Waals surface area contributed by atoms with Crippen LogP contribution in [-0.2, 0) is 19.3 Å². The van der Waals surface area contributed by atoms with Crippen LogP contribution in [0.1, 0.15) is 55.4 Å². The van der Waals surface area contributed by atoms with Crippen molar-refractivity contribution in [1.29, 1.82) is 0 Å². The van der Waals surface area contributed by atoms with E-state index >= 15 is 0 Å². The second-order valence-corrected chi connectivity index (χ2v) is 7.85. The molecule has 0 fully saturated rings. The summed E-state index contributed by atoms with van der Waals surface area (Å²) in [6, 6.07) is 10.3. The summed E-state index contributed by atoms with van der Waals surface area (Å²) < 4.78 is 12.3. The van der Waals surface area contributed by atoms with Crippen molar-refractivity contribution in [3.63, 3.8) is 0 Å². The predicted molar refractivity (Wildman–Crippen MR) is 98.9 cm³/mol. The van der Waals surface area contributed by atoms with Crippen molar-refractivity contribution in [2.75, 3.05) is 6.61 Å². The molecule has 3 nitrogen and oxygen atoms in total. The molecule has 0 bridgehead atoms. The van der Waals surface area contributed by atoms with Crippen molar-refractivity contribution in [2.24, 2.45) is 0 Å². The molecule has 1 N–H and O–H groups in total. The van der Waals surface area contributed by atoms with Crippen LogP contribution in [0.5, 0.6) is 17.2 Å². The van der Waals surface area contributed by atoms with Crippen LogP contribution in [-0.4, -0.2) is 17.3 Å². The highest BCUT2D eigenvalue weighted by Gasteiger charge is 2.32. The number of phenolic OH excluding ortho intramolecular Hbond substituents is 1. The molecule has 2 aliphatic rings. The van der Waals surface area contributed by atoms with Crippen molar-refractivity contribution in [3.8, 4) is 17.2 Å². The molecule has 0 radical (unpaired) electrons. The molecule has 1 unspecified atom stereocenters. The number of hydrogen-bond donors (Lipinski definition) is 1. The first-order chi connectivity index (χ1) is 12.0. The molecule has 2 aromatic rings. The van der Waals surface area contributed by atoms with Crippen LogP contribution >= 0.6 is 0 Å². The van der Waals surface area contributed by atoms with E-state index in [-0.39, 0.29) is 11.5 Å². The average Bonchev–Trinajstić information content (AvgIpc) is 2.60. The van der Waals surface area contributed by atoms with Crippen molar-refractivity contribution in [1.82, 2.24) is 0 Å². The maximum Gasteiger partial charge on any atom is 0.129 e. The van der Waals surface area contributed by atoms with Gasteiger partial charge in [0.1, 0.15) is 22.8 Å². The van der Waals surface area contributed by atoms with Gasteiger partial charge in [0.15, 0.2) is 0 Å². The second kappa shape index (κ2) is 5.98. The smallest absolute Gasteiger partial charge is 0.129 e. The Hall–Kier alpha value is -2.16. The lowest BCUT2D eigenvalue weighted by atomic mass is 9.86. The highest BCUT2D eigenvalue weighted by molar-refractivity contribution is 5.53. The van der Waals surface area contributed by atoms with Gasteiger partial charge in [0.05, 0.1) is 6.61 Å². The van der Waals surface area contributed by atoms with Crippen LogP contribution in [0.15, 0.2) is 30.3 Å². The van der Waals surface area contributed by atoms with Gasteiger partial charge in [-0.05, 0) is 68.4 Å². The number of hydrogen-bond acceptors (Lipinski definition) is 3. The van der Waals surface area contributed by atoms with Gasteiger partial charge < -0.3 is 14.6 Å². The SMILES string of the molecule is CCc1ccc(C2COc3c(ccc4c3CCC(C)(C)O4)C2)cc1O. The van der Waals surface area contributed by atoms with Crippen molar-refractivity contribution in [2.45, 2.75) is 58.0 Å². The van der Waals surface area contributed by atoms with Gasteiger partial charge in [-0.25, -0.2) is 0 Å². The van der Waals surface area contributed by atoms with Crippen LogP contribution in [0, 0.1) is 0 Å². The first-order valence-corrected chi connectivity index (χ1v) is 9.25. The van der Waals surface area contributed by atoms with Gasteiger partial charge in [0.2, 0.25) is 0 Å². The number of fused-ring (bicyclic) bond motifs is 3. The number of benzene rings is 2. The average molecular weight is 338 g/mol. The second-order valence-electron chi connectivity index (χ2n) is 7.85. The topological polar surface area (TPSA) is 38.7 Å². The van der Waals surface area contributed by atoms with Crippen LogP contribution < -0.4 is 9.47 Å². The van der Waals surface area contributed by atoms with E-state index < -0.39 is 0 Å². The molecule has 2 aliphatic heterocycles. The van der Waals surface area contributed by atoms with Gasteiger partial charge in [0, 0.05) is 11.5 Å². The quantitative estimate of drug-likeness (QED) is 0.857. The third kappa shape index (κ3) is 2.97. The summed E-state index contributed by atoms with van der Waals surface area (Å²) in [5, 5.41) is 10.2. The van der Waals surface area contributed by atoms with Crippen LogP contribution in [0.3, 0.4) is 0 Å². The number of aromatic hydroxyl groups is 1. The van der Waals surface area contributed by atoms with Crippen LogP contribution in [0.25, 0.3) is 0 Å². The third-order valence-electron chi connectivity index (χ3n) is 5.52. The Morgan fingerprint density at radius 3 is 2.80 bits per heavy atom. The predicted octanol–water partition coefficient (Wildman–Crippen LogP) is 4.78. The molecule has 3 heteroatoms. The lowest BCUT2D eigenvalue weighted by Gasteiger charge is -2.35. The molecular formula is C22H26O3. The first kappa shape index (κ1) is 16.3. The van der Waals surface area contributed by atoms with Gasteiger partial charge in [-0.3, -0.25) is 0 Å². The van der Waals surface area contributed by atoms with Gasteiger partial charge in [-0.1, -0.05) is 25.1 Å². The van der Waals surface area contributed by atoms with Gasteiger partial charge >= 0.3 is 0 Å². The van der Waals surface area contributed by atoms with E-state index in [1.807, 2.05) is 12.1 Å². The minimum atomic E-state index is -0.100. The summed E-state index contributed by atoms with van der Waals surface area (Å²) in [5.41, 5.74) is 4.51. The highest BCUT2D eigenvalue weighted by atomic mass is 16.5. The number of rotatable bonds is 2. The summed E-state index contributed by atoms with van der Waals surface area (Å²) in [6.07, 6.45) is 3.80. The molecule has 25 heavy (non-hydrogen) atoms. The largest absolute Gasteiger partial charge is 0.508 e. The maximum absolute atomic E-state index is 10.2. The van der Waals surface area contributed by atoms with E-state index in [0.717, 1.165) is 48.3 Å². The Balaban J connectivity index is 1.61. The van der Waals surface area contributed by atoms with Gasteiger partial charge in [-0.2, -0.15) is 0 Å². The summed E-state index contributed by atoms with van der Waals surface area (Å²) in [7, 11) is 0. The molecule has 0 aromatic heterocycles. The van der Waals surface area contributed by atoms with Crippen molar-refractivity contribution >= 4 is 0 Å². The molecule has 2 heterocycles. The van der Waals surface area contributed by atoms with Crippen molar-refractivity contribution in [3.05, 3.63) is 52.6 Å². The van der Waals surface area contributed by atoms with E-state index in [2.05, 4.69) is 39.0 Å². The summed E-state index contributed by atoms with van der Waals surface area (Å²) in [5.74, 6) is 2.67. The summed E-state index contributed by atoms with van der Waals surface area (Å²) in [4.78, 5) is 0. The Morgan fingerprint density at radius 2 is 2.04 bits per heavy atom. The molecule has 1 atom stereocenters. The summed E-state index contributed by atoms with van der Waals surface area (Å²) >= 11 is 0. The zero-order valence-electron chi connectivity index (χ0n) is 15.3. The number of phenols is 1. The van der Waals surface area contributed by atoms with E-state index in [1.165, 1.54) is 11.1 Å².